The van der Waals surface area contributed by atoms with E-state index >= 15 is 0 Å². The Morgan fingerprint density at radius 3 is 2.76 bits per heavy atom. The average molecular weight is 287 g/mol. The highest BCUT2D eigenvalue weighted by atomic mass is 32.2. The first kappa shape index (κ1) is 14.3. The zero-order chi connectivity index (χ0) is 12.5. The molecule has 1 rings (SSSR count). The number of hydrogen-bond donors (Lipinski definition) is 2. The van der Waals surface area contributed by atoms with Crippen LogP contribution < -0.4 is 5.32 Å². The highest BCUT2D eigenvalue weighted by Crippen LogP contribution is 2.05. The van der Waals surface area contributed by atoms with Crippen molar-refractivity contribution in [2.75, 3.05) is 12.3 Å². The molecule has 6 heteroatoms. The number of ether oxygens (including phenoxy) is 1. The summed E-state index contributed by atoms with van der Waals surface area (Å²) >= 11 is 10.1. The minimum atomic E-state index is -0.417. The molecule has 1 N–H and O–H groups in total. The third kappa shape index (κ3) is 7.25. The number of hydrogen-bond acceptors (Lipinski definition) is 4. The summed E-state index contributed by atoms with van der Waals surface area (Å²) in [5.74, 6) is 0.697. The monoisotopic (exact) mass is 287 g/mol. The molecule has 0 aliphatic heterocycles. The standard InChI is InChI=1S/C11H13NO2S3/c13-10(12-6-7-17-11(15)16)14-8-9-4-2-1-3-5-9/h1-5H,6-8H2,(H,12,13)(H,15,16). The molecule has 1 amide bonds. The molecule has 0 bridgehead atoms. The van der Waals surface area contributed by atoms with Crippen molar-refractivity contribution in [2.24, 2.45) is 0 Å². The Morgan fingerprint density at radius 1 is 1.41 bits per heavy atom. The van der Waals surface area contributed by atoms with Gasteiger partial charge in [0, 0.05) is 12.3 Å². The van der Waals surface area contributed by atoms with E-state index in [9.17, 15) is 4.79 Å². The van der Waals surface area contributed by atoms with E-state index in [1.54, 1.807) is 0 Å². The smallest absolute Gasteiger partial charge is 0.407 e. The number of thiol groups is 1. The van der Waals surface area contributed by atoms with Gasteiger partial charge < -0.3 is 10.1 Å². The van der Waals surface area contributed by atoms with Gasteiger partial charge in [0.05, 0.1) is 0 Å². The predicted molar refractivity (Wildman–Crippen MR) is 78.7 cm³/mol. The summed E-state index contributed by atoms with van der Waals surface area (Å²) in [6.45, 7) is 0.795. The maximum Gasteiger partial charge on any atom is 0.407 e. The molecule has 0 spiro atoms. The predicted octanol–water partition coefficient (Wildman–Crippen LogP) is 2.86. The van der Waals surface area contributed by atoms with Crippen LogP contribution in [-0.4, -0.2) is 21.9 Å². The molecule has 0 fully saturated rings. The Hall–Kier alpha value is -0.720. The molecule has 0 aromatic heterocycles. The van der Waals surface area contributed by atoms with E-state index in [1.807, 2.05) is 30.3 Å². The number of nitrogens with one attached hydrogen (secondary N) is 1. The van der Waals surface area contributed by atoms with E-state index in [-0.39, 0.29) is 6.61 Å². The number of benzene rings is 1. The molecule has 0 aliphatic carbocycles. The van der Waals surface area contributed by atoms with Crippen LogP contribution in [0.25, 0.3) is 0 Å². The molecule has 0 unspecified atom stereocenters. The third-order valence-corrected chi connectivity index (χ3v) is 3.21. The zero-order valence-electron chi connectivity index (χ0n) is 9.09. The number of thiocarbonyl (C=S) groups is 1. The first-order chi connectivity index (χ1) is 8.18. The summed E-state index contributed by atoms with van der Waals surface area (Å²) in [5, 5.41) is 2.63. The lowest BCUT2D eigenvalue weighted by molar-refractivity contribution is 0.140. The van der Waals surface area contributed by atoms with Crippen LogP contribution in [0, 0.1) is 0 Å². The molecular weight excluding hydrogens is 274 g/mol. The van der Waals surface area contributed by atoms with Crippen molar-refractivity contribution in [3.8, 4) is 0 Å². The van der Waals surface area contributed by atoms with Crippen LogP contribution in [0.2, 0.25) is 0 Å². The van der Waals surface area contributed by atoms with Crippen LogP contribution >= 0.6 is 36.6 Å². The summed E-state index contributed by atoms with van der Waals surface area (Å²) in [6.07, 6.45) is -0.417. The summed E-state index contributed by atoms with van der Waals surface area (Å²) in [7, 11) is 0. The van der Waals surface area contributed by atoms with Crippen LogP contribution in [0.1, 0.15) is 5.56 Å². The topological polar surface area (TPSA) is 38.3 Å². The highest BCUT2D eigenvalue weighted by Gasteiger charge is 2.01. The normalized spacial score (nSPS) is 9.71. The van der Waals surface area contributed by atoms with Crippen LogP contribution in [-0.2, 0) is 11.3 Å². The summed E-state index contributed by atoms with van der Waals surface area (Å²) in [6, 6.07) is 9.54. The van der Waals surface area contributed by atoms with E-state index in [0.717, 1.165) is 5.56 Å². The molecule has 0 heterocycles. The van der Waals surface area contributed by atoms with Crippen LogP contribution in [0.3, 0.4) is 0 Å². The Morgan fingerprint density at radius 2 is 2.12 bits per heavy atom. The third-order valence-electron chi connectivity index (χ3n) is 1.81. The van der Waals surface area contributed by atoms with Gasteiger partial charge in [-0.2, -0.15) is 0 Å². The Kier molecular flexibility index (Phi) is 7.07. The van der Waals surface area contributed by atoms with E-state index in [4.69, 9.17) is 17.0 Å². The molecule has 17 heavy (non-hydrogen) atoms. The van der Waals surface area contributed by atoms with E-state index in [2.05, 4.69) is 17.9 Å². The lowest BCUT2D eigenvalue weighted by Gasteiger charge is -2.06. The fraction of sp³-hybridized carbons (Fsp3) is 0.273. The molecule has 0 aliphatic rings. The van der Waals surface area contributed by atoms with E-state index in [1.165, 1.54) is 11.8 Å². The number of thioether (sulfide) groups is 1. The number of rotatable bonds is 5. The van der Waals surface area contributed by atoms with Crippen molar-refractivity contribution in [1.82, 2.24) is 5.32 Å². The van der Waals surface area contributed by atoms with Crippen LogP contribution in [0.4, 0.5) is 4.79 Å². The van der Waals surface area contributed by atoms with E-state index < -0.39 is 6.09 Å². The summed E-state index contributed by atoms with van der Waals surface area (Å²) in [5.41, 5.74) is 0.966. The van der Waals surface area contributed by atoms with Gasteiger partial charge in [0.2, 0.25) is 0 Å². The van der Waals surface area contributed by atoms with Crippen molar-refractivity contribution in [3.05, 3.63) is 35.9 Å². The Labute approximate surface area is 116 Å². The summed E-state index contributed by atoms with van der Waals surface area (Å²) < 4.78 is 5.60. The van der Waals surface area contributed by atoms with Crippen LogP contribution in [0.15, 0.2) is 30.3 Å². The minimum absolute atomic E-state index is 0.283. The lowest BCUT2D eigenvalue weighted by atomic mass is 10.2. The number of amides is 1. The van der Waals surface area contributed by atoms with Crippen molar-refractivity contribution in [1.29, 1.82) is 0 Å². The maximum absolute atomic E-state index is 11.3. The largest absolute Gasteiger partial charge is 0.445 e. The Bertz CT molecular complexity index is 370. The van der Waals surface area contributed by atoms with Gasteiger partial charge in [0.15, 0.2) is 0 Å². The second-order valence-corrected chi connectivity index (χ2v) is 5.93. The quantitative estimate of drug-likeness (QED) is 0.496. The highest BCUT2D eigenvalue weighted by molar-refractivity contribution is 8.41. The molecule has 0 radical (unpaired) electrons. The molecule has 1 aromatic carbocycles. The minimum Gasteiger partial charge on any atom is -0.445 e. The van der Waals surface area contributed by atoms with Gasteiger partial charge in [-0.1, -0.05) is 42.5 Å². The van der Waals surface area contributed by atoms with Crippen molar-refractivity contribution < 1.29 is 9.53 Å². The van der Waals surface area contributed by atoms with Gasteiger partial charge in [-0.05, 0) is 5.56 Å². The average Bonchev–Trinajstić information content (AvgIpc) is 2.33. The maximum atomic E-state index is 11.3. The lowest BCUT2D eigenvalue weighted by Crippen LogP contribution is -2.26. The van der Waals surface area contributed by atoms with Gasteiger partial charge in [-0.25, -0.2) is 4.79 Å². The van der Waals surface area contributed by atoms with Crippen molar-refractivity contribution >= 4 is 46.2 Å². The van der Waals surface area contributed by atoms with Crippen LogP contribution in [0.5, 0.6) is 0 Å². The molecule has 0 saturated carbocycles. The second kappa shape index (κ2) is 8.38. The SMILES string of the molecule is O=C(NCCSC(=S)S)OCc1ccccc1. The molecule has 3 nitrogen and oxygen atoms in total. The van der Waals surface area contributed by atoms with Crippen molar-refractivity contribution in [3.63, 3.8) is 0 Å². The number of carbonyl (C=O) groups excluding carboxylic acids is 1. The molecule has 0 saturated heterocycles. The Balaban J connectivity index is 2.11. The van der Waals surface area contributed by atoms with Gasteiger partial charge in [0.25, 0.3) is 0 Å². The number of alkyl carbamates (subject to hydrolysis) is 1. The fourth-order valence-electron chi connectivity index (χ4n) is 1.07. The van der Waals surface area contributed by atoms with Gasteiger partial charge in [0.1, 0.15) is 10.1 Å². The van der Waals surface area contributed by atoms with Gasteiger partial charge in [-0.3, -0.25) is 0 Å². The summed E-state index contributed by atoms with van der Waals surface area (Å²) in [4.78, 5) is 11.3. The first-order valence-electron chi connectivity index (χ1n) is 4.99. The fourth-order valence-corrected chi connectivity index (χ4v) is 1.97. The molecule has 0 atom stereocenters. The van der Waals surface area contributed by atoms with Gasteiger partial charge >= 0.3 is 6.09 Å². The molecule has 92 valence electrons. The number of carbonyl (C=O) groups is 1. The van der Waals surface area contributed by atoms with Gasteiger partial charge in [-0.15, -0.1) is 24.4 Å². The molecule has 1 aromatic rings. The second-order valence-electron chi connectivity index (χ2n) is 3.10. The zero-order valence-corrected chi connectivity index (χ0v) is 11.6. The van der Waals surface area contributed by atoms with Crippen molar-refractivity contribution in [2.45, 2.75) is 6.61 Å². The van der Waals surface area contributed by atoms with E-state index in [0.29, 0.717) is 15.8 Å². The molecular formula is C11H13NO2S3. The first-order valence-corrected chi connectivity index (χ1v) is 6.83.